The van der Waals surface area contributed by atoms with Crippen molar-refractivity contribution >= 4 is 11.7 Å². The minimum atomic E-state index is -0.441. The Bertz CT molecular complexity index is 431. The van der Waals surface area contributed by atoms with Crippen LogP contribution in [0.1, 0.15) is 54.4 Å². The lowest BCUT2D eigenvalue weighted by atomic mass is 9.80. The van der Waals surface area contributed by atoms with Gasteiger partial charge in [0.15, 0.2) is 5.78 Å². The zero-order valence-electron chi connectivity index (χ0n) is 14.3. The van der Waals surface area contributed by atoms with Crippen molar-refractivity contribution < 1.29 is 9.59 Å². The van der Waals surface area contributed by atoms with E-state index >= 15 is 0 Å². The molecule has 0 aromatic heterocycles. The number of amides is 1. The number of hydrogen-bond donors (Lipinski definition) is 1. The van der Waals surface area contributed by atoms with Gasteiger partial charge in [0.25, 0.3) is 0 Å². The minimum absolute atomic E-state index is 0.0984. The molecule has 2 heterocycles. The van der Waals surface area contributed by atoms with Gasteiger partial charge in [0.05, 0.1) is 0 Å². The van der Waals surface area contributed by atoms with Crippen LogP contribution in [0.5, 0.6) is 0 Å². The lowest BCUT2D eigenvalue weighted by molar-refractivity contribution is -0.146. The van der Waals surface area contributed by atoms with E-state index in [9.17, 15) is 9.59 Å². The summed E-state index contributed by atoms with van der Waals surface area (Å²) in [6, 6.07) is -0.168. The molecule has 0 saturated carbocycles. The standard InChI is InChI=1S/C17H30N2O2/c1-16(2,3)14(20)13-12-11(8-7-9-18-12)10-19(13)15(21)17(4,5)6/h11-13,18H,7-10H2,1-6H3. The normalized spacial score (nSPS) is 30.2. The maximum absolute atomic E-state index is 12.9. The van der Waals surface area contributed by atoms with Crippen molar-refractivity contribution in [1.82, 2.24) is 10.2 Å². The predicted molar refractivity (Wildman–Crippen MR) is 83.9 cm³/mol. The molecule has 4 heteroatoms. The van der Waals surface area contributed by atoms with Crippen molar-refractivity contribution in [1.29, 1.82) is 0 Å². The molecule has 0 bridgehead atoms. The van der Waals surface area contributed by atoms with Gasteiger partial charge in [0, 0.05) is 23.4 Å². The van der Waals surface area contributed by atoms with Gasteiger partial charge in [-0.25, -0.2) is 0 Å². The van der Waals surface area contributed by atoms with Gasteiger partial charge >= 0.3 is 0 Å². The van der Waals surface area contributed by atoms with Gasteiger partial charge in [-0.2, -0.15) is 0 Å². The van der Waals surface area contributed by atoms with E-state index in [-0.39, 0.29) is 23.8 Å². The highest BCUT2D eigenvalue weighted by Crippen LogP contribution is 2.36. The summed E-state index contributed by atoms with van der Waals surface area (Å²) in [5.74, 6) is 0.699. The average Bonchev–Trinajstić information content (AvgIpc) is 2.73. The number of ketones is 1. The Kier molecular flexibility index (Phi) is 4.22. The second-order valence-corrected chi connectivity index (χ2v) is 8.65. The Labute approximate surface area is 128 Å². The van der Waals surface area contributed by atoms with Crippen LogP contribution in [0.2, 0.25) is 0 Å². The molecule has 3 atom stereocenters. The van der Waals surface area contributed by atoms with Gasteiger partial charge in [-0.05, 0) is 25.3 Å². The monoisotopic (exact) mass is 294 g/mol. The molecule has 1 N–H and O–H groups in total. The largest absolute Gasteiger partial charge is 0.330 e. The fraction of sp³-hybridized carbons (Fsp3) is 0.882. The number of nitrogens with zero attached hydrogens (tertiary/aromatic N) is 1. The van der Waals surface area contributed by atoms with Crippen molar-refractivity contribution in [3.05, 3.63) is 0 Å². The molecular formula is C17H30N2O2. The average molecular weight is 294 g/mol. The molecule has 2 saturated heterocycles. The van der Waals surface area contributed by atoms with Crippen LogP contribution >= 0.6 is 0 Å². The fourth-order valence-electron chi connectivity index (χ4n) is 3.50. The smallest absolute Gasteiger partial charge is 0.228 e. The van der Waals surface area contributed by atoms with E-state index in [4.69, 9.17) is 0 Å². The molecule has 0 aliphatic carbocycles. The SMILES string of the molecule is CC(C)(C)C(=O)C1C2NCCCC2CN1C(=O)C(C)(C)C. The Balaban J connectivity index is 2.33. The van der Waals surface area contributed by atoms with Gasteiger partial charge < -0.3 is 10.2 Å². The summed E-state index contributed by atoms with van der Waals surface area (Å²) in [6.07, 6.45) is 2.24. The third-order valence-corrected chi connectivity index (χ3v) is 4.66. The number of Topliss-reactive ketones (excluding diaryl/α,β-unsaturated/α-hetero) is 1. The number of hydrogen-bond acceptors (Lipinski definition) is 3. The maximum Gasteiger partial charge on any atom is 0.228 e. The quantitative estimate of drug-likeness (QED) is 0.807. The second-order valence-electron chi connectivity index (χ2n) is 8.65. The molecule has 21 heavy (non-hydrogen) atoms. The first-order chi connectivity index (χ1) is 9.53. The summed E-state index contributed by atoms with van der Waals surface area (Å²) in [5.41, 5.74) is -0.862. The van der Waals surface area contributed by atoms with Crippen LogP contribution in [0.15, 0.2) is 0 Å². The van der Waals surface area contributed by atoms with Gasteiger partial charge in [0.2, 0.25) is 5.91 Å². The highest BCUT2D eigenvalue weighted by molar-refractivity contribution is 5.94. The zero-order valence-corrected chi connectivity index (χ0v) is 14.3. The Morgan fingerprint density at radius 1 is 1.05 bits per heavy atom. The van der Waals surface area contributed by atoms with Gasteiger partial charge in [-0.15, -0.1) is 0 Å². The number of likely N-dealkylation sites (tertiary alicyclic amines) is 1. The number of carbonyl (C=O) groups is 2. The Morgan fingerprint density at radius 3 is 2.19 bits per heavy atom. The van der Waals surface area contributed by atoms with Crippen molar-refractivity contribution in [3.8, 4) is 0 Å². The van der Waals surface area contributed by atoms with Crippen molar-refractivity contribution in [3.63, 3.8) is 0 Å². The first-order valence-corrected chi connectivity index (χ1v) is 8.12. The molecule has 0 spiro atoms. The molecule has 0 aromatic carbocycles. The van der Waals surface area contributed by atoms with Crippen LogP contribution in [0.25, 0.3) is 0 Å². The molecule has 4 nitrogen and oxygen atoms in total. The van der Waals surface area contributed by atoms with E-state index < -0.39 is 10.8 Å². The molecule has 2 fully saturated rings. The third-order valence-electron chi connectivity index (χ3n) is 4.66. The maximum atomic E-state index is 12.9. The lowest BCUT2D eigenvalue weighted by Gasteiger charge is -2.36. The fourth-order valence-corrected chi connectivity index (χ4v) is 3.50. The summed E-state index contributed by atoms with van der Waals surface area (Å²) in [7, 11) is 0. The summed E-state index contributed by atoms with van der Waals surface area (Å²) >= 11 is 0. The molecular weight excluding hydrogens is 264 g/mol. The highest BCUT2D eigenvalue weighted by atomic mass is 16.2. The van der Waals surface area contributed by atoms with Crippen LogP contribution in [-0.4, -0.2) is 41.8 Å². The van der Waals surface area contributed by atoms with E-state index in [0.29, 0.717) is 5.92 Å². The van der Waals surface area contributed by atoms with Crippen molar-refractivity contribution in [2.24, 2.45) is 16.7 Å². The van der Waals surface area contributed by atoms with Gasteiger partial charge in [0.1, 0.15) is 6.04 Å². The third kappa shape index (κ3) is 3.15. The zero-order chi connectivity index (χ0) is 16.0. The number of fused-ring (bicyclic) bond motifs is 1. The first kappa shape index (κ1) is 16.5. The van der Waals surface area contributed by atoms with Crippen LogP contribution in [-0.2, 0) is 9.59 Å². The Hall–Kier alpha value is -0.900. The minimum Gasteiger partial charge on any atom is -0.330 e. The second kappa shape index (κ2) is 5.38. The van der Waals surface area contributed by atoms with E-state index in [0.717, 1.165) is 25.9 Å². The molecule has 0 aromatic rings. The van der Waals surface area contributed by atoms with Crippen LogP contribution < -0.4 is 5.32 Å². The van der Waals surface area contributed by atoms with Crippen molar-refractivity contribution in [2.75, 3.05) is 13.1 Å². The summed E-state index contributed by atoms with van der Waals surface area (Å²) < 4.78 is 0. The molecule has 1 amide bonds. The number of piperidine rings is 1. The van der Waals surface area contributed by atoms with E-state index in [1.54, 1.807) is 0 Å². The van der Waals surface area contributed by atoms with Gasteiger partial charge in [-0.3, -0.25) is 9.59 Å². The number of rotatable bonds is 1. The number of carbonyl (C=O) groups excluding carboxylic acids is 2. The number of nitrogens with one attached hydrogen (secondary N) is 1. The van der Waals surface area contributed by atoms with Gasteiger partial charge in [-0.1, -0.05) is 41.5 Å². The summed E-state index contributed by atoms with van der Waals surface area (Å²) in [5, 5.41) is 3.51. The van der Waals surface area contributed by atoms with Crippen LogP contribution in [0.4, 0.5) is 0 Å². The molecule has 2 rings (SSSR count). The molecule has 0 radical (unpaired) electrons. The van der Waals surface area contributed by atoms with E-state index in [2.05, 4.69) is 5.32 Å². The molecule has 3 unspecified atom stereocenters. The topological polar surface area (TPSA) is 49.4 Å². The van der Waals surface area contributed by atoms with Crippen molar-refractivity contribution in [2.45, 2.75) is 66.5 Å². The summed E-state index contributed by atoms with van der Waals surface area (Å²) in [6.45, 7) is 13.3. The van der Waals surface area contributed by atoms with E-state index in [1.807, 2.05) is 46.4 Å². The summed E-state index contributed by atoms with van der Waals surface area (Å²) in [4.78, 5) is 27.6. The first-order valence-electron chi connectivity index (χ1n) is 8.12. The lowest BCUT2D eigenvalue weighted by Crippen LogP contribution is -2.56. The molecule has 2 aliphatic heterocycles. The Morgan fingerprint density at radius 2 is 1.67 bits per heavy atom. The highest BCUT2D eigenvalue weighted by Gasteiger charge is 2.51. The predicted octanol–water partition coefficient (Wildman–Crippen LogP) is 2.23. The molecule has 2 aliphatic rings. The van der Waals surface area contributed by atoms with Crippen LogP contribution in [0.3, 0.4) is 0 Å². The molecule has 120 valence electrons. The van der Waals surface area contributed by atoms with E-state index in [1.165, 1.54) is 0 Å². The van der Waals surface area contributed by atoms with Crippen LogP contribution in [0, 0.1) is 16.7 Å².